The van der Waals surface area contributed by atoms with E-state index in [-0.39, 0.29) is 11.6 Å². The standard InChI is InChI=1S/C27H28N4O2S/c1-18(25-28-26(32)24-22(17-34-27(24)29-25)20-5-3-2-4-6-20)31-12-10-30(11-13-31)16-19-7-8-23-21(15-19)9-14-33-23/h2-8,15,17-18H,9-14,16H2,1H3,(H,28,29,32)/t18-/m0/s1. The second-order valence-electron chi connectivity index (χ2n) is 9.18. The van der Waals surface area contributed by atoms with Gasteiger partial charge in [-0.1, -0.05) is 42.5 Å². The summed E-state index contributed by atoms with van der Waals surface area (Å²) in [5, 5.41) is 2.73. The Morgan fingerprint density at radius 3 is 2.76 bits per heavy atom. The number of rotatable bonds is 5. The maximum absolute atomic E-state index is 13.1. The average Bonchev–Trinajstić information content (AvgIpc) is 3.52. The molecular formula is C27H28N4O2S. The van der Waals surface area contributed by atoms with Crippen molar-refractivity contribution in [1.82, 2.24) is 19.8 Å². The van der Waals surface area contributed by atoms with Crippen molar-refractivity contribution < 1.29 is 4.74 Å². The molecule has 7 heteroatoms. The van der Waals surface area contributed by atoms with Gasteiger partial charge in [0.15, 0.2) is 0 Å². The highest BCUT2D eigenvalue weighted by Gasteiger charge is 2.25. The van der Waals surface area contributed by atoms with Gasteiger partial charge in [0, 0.05) is 50.1 Å². The van der Waals surface area contributed by atoms with Crippen molar-refractivity contribution in [1.29, 1.82) is 0 Å². The Kier molecular flexibility index (Phi) is 5.69. The van der Waals surface area contributed by atoms with E-state index in [1.165, 1.54) is 11.1 Å². The molecule has 174 valence electrons. The lowest BCUT2D eigenvalue weighted by Crippen LogP contribution is -2.47. The van der Waals surface area contributed by atoms with Crippen LogP contribution < -0.4 is 10.3 Å². The van der Waals surface area contributed by atoms with Crippen LogP contribution in [0.3, 0.4) is 0 Å². The summed E-state index contributed by atoms with van der Waals surface area (Å²) < 4.78 is 5.63. The monoisotopic (exact) mass is 472 g/mol. The summed E-state index contributed by atoms with van der Waals surface area (Å²) >= 11 is 1.54. The zero-order valence-corrected chi connectivity index (χ0v) is 20.1. The number of thiophene rings is 1. The van der Waals surface area contributed by atoms with E-state index in [9.17, 15) is 4.79 Å². The van der Waals surface area contributed by atoms with Crippen molar-refractivity contribution in [3.8, 4) is 16.9 Å². The van der Waals surface area contributed by atoms with E-state index in [4.69, 9.17) is 9.72 Å². The Balaban J connectivity index is 1.14. The number of piperazine rings is 1. The lowest BCUT2D eigenvalue weighted by atomic mass is 10.1. The van der Waals surface area contributed by atoms with Gasteiger partial charge < -0.3 is 9.72 Å². The fourth-order valence-electron chi connectivity index (χ4n) is 5.07. The summed E-state index contributed by atoms with van der Waals surface area (Å²) in [7, 11) is 0. The Hall–Kier alpha value is -3.00. The van der Waals surface area contributed by atoms with Gasteiger partial charge in [0.25, 0.3) is 5.56 Å². The molecule has 4 heterocycles. The molecule has 6 rings (SSSR count). The summed E-state index contributed by atoms with van der Waals surface area (Å²) in [4.78, 5) is 26.8. The first kappa shape index (κ1) is 21.5. The molecule has 6 nitrogen and oxygen atoms in total. The van der Waals surface area contributed by atoms with E-state index < -0.39 is 0 Å². The van der Waals surface area contributed by atoms with Gasteiger partial charge in [-0.25, -0.2) is 4.98 Å². The minimum Gasteiger partial charge on any atom is -0.493 e. The van der Waals surface area contributed by atoms with Gasteiger partial charge in [-0.3, -0.25) is 14.6 Å². The number of benzene rings is 2. The van der Waals surface area contributed by atoms with Crippen molar-refractivity contribution >= 4 is 21.6 Å². The quantitative estimate of drug-likeness (QED) is 0.465. The number of aromatic nitrogens is 2. The Bertz CT molecular complexity index is 1370. The Labute approximate surface area is 202 Å². The van der Waals surface area contributed by atoms with Crippen LogP contribution in [-0.4, -0.2) is 52.6 Å². The predicted molar refractivity (Wildman–Crippen MR) is 137 cm³/mol. The van der Waals surface area contributed by atoms with Gasteiger partial charge in [0.05, 0.1) is 18.0 Å². The van der Waals surface area contributed by atoms with Gasteiger partial charge in [0.2, 0.25) is 0 Å². The number of fused-ring (bicyclic) bond motifs is 2. The molecule has 4 aromatic rings. The summed E-state index contributed by atoms with van der Waals surface area (Å²) in [6.45, 7) is 7.83. The number of hydrogen-bond donors (Lipinski definition) is 1. The summed E-state index contributed by atoms with van der Waals surface area (Å²) in [6.07, 6.45) is 1.01. The van der Waals surface area contributed by atoms with Crippen molar-refractivity contribution in [2.45, 2.75) is 25.9 Å². The van der Waals surface area contributed by atoms with Crippen LogP contribution in [0.25, 0.3) is 21.3 Å². The number of hydrogen-bond acceptors (Lipinski definition) is 6. The van der Waals surface area contributed by atoms with Crippen LogP contribution in [0.15, 0.2) is 58.7 Å². The Morgan fingerprint density at radius 2 is 1.94 bits per heavy atom. The van der Waals surface area contributed by atoms with E-state index in [1.54, 1.807) is 11.3 Å². The number of ether oxygens (including phenoxy) is 1. The average molecular weight is 473 g/mol. The SMILES string of the molecule is C[C@@H](c1nc2scc(-c3ccccc3)c2c(=O)[nH]1)N1CCN(Cc2ccc3c(c2)CCO3)CC1. The molecule has 1 atom stereocenters. The lowest BCUT2D eigenvalue weighted by molar-refractivity contribution is 0.0948. The highest BCUT2D eigenvalue weighted by molar-refractivity contribution is 7.17. The van der Waals surface area contributed by atoms with E-state index >= 15 is 0 Å². The maximum atomic E-state index is 13.1. The first-order chi connectivity index (χ1) is 16.7. The van der Waals surface area contributed by atoms with Gasteiger partial charge in [0.1, 0.15) is 16.4 Å². The molecular weight excluding hydrogens is 444 g/mol. The minimum atomic E-state index is -0.0498. The zero-order valence-electron chi connectivity index (χ0n) is 19.3. The van der Waals surface area contributed by atoms with Gasteiger partial charge in [-0.15, -0.1) is 11.3 Å². The summed E-state index contributed by atoms with van der Waals surface area (Å²) in [5.41, 5.74) is 4.65. The number of aromatic amines is 1. The molecule has 0 spiro atoms. The van der Waals surface area contributed by atoms with Gasteiger partial charge >= 0.3 is 0 Å². The molecule has 2 aliphatic heterocycles. The fourth-order valence-corrected chi connectivity index (χ4v) is 6.03. The second kappa shape index (κ2) is 8.98. The van der Waals surface area contributed by atoms with Crippen LogP contribution in [0, 0.1) is 0 Å². The molecule has 34 heavy (non-hydrogen) atoms. The van der Waals surface area contributed by atoms with Crippen LogP contribution >= 0.6 is 11.3 Å². The maximum Gasteiger partial charge on any atom is 0.260 e. The second-order valence-corrected chi connectivity index (χ2v) is 10.0. The third kappa shape index (κ3) is 4.04. The fraction of sp³-hybridized carbons (Fsp3) is 0.333. The zero-order chi connectivity index (χ0) is 23.1. The van der Waals surface area contributed by atoms with Crippen molar-refractivity contribution in [2.75, 3.05) is 32.8 Å². The molecule has 0 bridgehead atoms. The third-order valence-electron chi connectivity index (χ3n) is 7.06. The summed E-state index contributed by atoms with van der Waals surface area (Å²) in [6, 6.07) is 16.7. The number of H-pyrrole nitrogens is 1. The van der Waals surface area contributed by atoms with Crippen molar-refractivity contribution in [3.05, 3.63) is 81.2 Å². The number of nitrogens with one attached hydrogen (secondary N) is 1. The van der Waals surface area contributed by atoms with Crippen LogP contribution in [0.2, 0.25) is 0 Å². The molecule has 0 aliphatic carbocycles. The first-order valence-corrected chi connectivity index (χ1v) is 12.8. The topological polar surface area (TPSA) is 61.5 Å². The van der Waals surface area contributed by atoms with E-state index in [0.29, 0.717) is 5.39 Å². The van der Waals surface area contributed by atoms with Gasteiger partial charge in [-0.2, -0.15) is 0 Å². The smallest absolute Gasteiger partial charge is 0.260 e. The molecule has 0 radical (unpaired) electrons. The Morgan fingerprint density at radius 1 is 1.12 bits per heavy atom. The van der Waals surface area contributed by atoms with Crippen LogP contribution in [0.4, 0.5) is 0 Å². The molecule has 2 aromatic heterocycles. The molecule has 0 saturated carbocycles. The largest absolute Gasteiger partial charge is 0.493 e. The highest BCUT2D eigenvalue weighted by atomic mass is 32.1. The molecule has 2 aliphatic rings. The molecule has 0 amide bonds. The lowest BCUT2D eigenvalue weighted by Gasteiger charge is -2.37. The van der Waals surface area contributed by atoms with Crippen molar-refractivity contribution in [3.63, 3.8) is 0 Å². The van der Waals surface area contributed by atoms with Crippen molar-refractivity contribution in [2.24, 2.45) is 0 Å². The van der Waals surface area contributed by atoms with Crippen LogP contribution in [-0.2, 0) is 13.0 Å². The van der Waals surface area contributed by atoms with E-state index in [1.807, 2.05) is 35.7 Å². The first-order valence-electron chi connectivity index (χ1n) is 11.9. The molecule has 1 saturated heterocycles. The normalized spacial score (nSPS) is 17.6. The van der Waals surface area contributed by atoms with Crippen LogP contribution in [0.5, 0.6) is 5.75 Å². The molecule has 2 aromatic carbocycles. The van der Waals surface area contributed by atoms with Gasteiger partial charge in [-0.05, 0) is 29.7 Å². The minimum absolute atomic E-state index is 0.0498. The predicted octanol–water partition coefficient (Wildman–Crippen LogP) is 4.47. The van der Waals surface area contributed by atoms with Crippen LogP contribution in [0.1, 0.15) is 29.9 Å². The molecule has 0 unspecified atom stereocenters. The molecule has 1 fully saturated rings. The number of nitrogens with zero attached hydrogens (tertiary/aromatic N) is 3. The van der Waals surface area contributed by atoms with E-state index in [2.05, 4.69) is 39.9 Å². The summed E-state index contributed by atoms with van der Waals surface area (Å²) in [5.74, 6) is 1.80. The molecule has 1 N–H and O–H groups in total. The third-order valence-corrected chi connectivity index (χ3v) is 7.93. The highest BCUT2D eigenvalue weighted by Crippen LogP contribution is 2.31. The van der Waals surface area contributed by atoms with E-state index in [0.717, 1.165) is 73.3 Å².